The van der Waals surface area contributed by atoms with E-state index in [1.807, 2.05) is 13.0 Å². The molecule has 1 rings (SSSR count). The topological polar surface area (TPSA) is 34.1 Å². The fourth-order valence-corrected chi connectivity index (χ4v) is 3.59. The SMILES string of the molecule is CCCS(=O)(=O)CCC1=CC(Cl)CCC1. The maximum atomic E-state index is 11.5. The number of allylic oxidation sites excluding steroid dienone is 2. The molecule has 1 aliphatic rings. The number of sulfone groups is 1. The molecule has 0 bridgehead atoms. The molecule has 88 valence electrons. The van der Waals surface area contributed by atoms with Gasteiger partial charge in [0.25, 0.3) is 0 Å². The minimum absolute atomic E-state index is 0.114. The van der Waals surface area contributed by atoms with E-state index in [2.05, 4.69) is 0 Å². The predicted octanol–water partition coefficient (Wildman–Crippen LogP) is 2.92. The lowest BCUT2D eigenvalue weighted by Gasteiger charge is -2.16. The summed E-state index contributed by atoms with van der Waals surface area (Å²) in [4.78, 5) is 0. The van der Waals surface area contributed by atoms with Gasteiger partial charge in [-0.1, -0.05) is 18.6 Å². The van der Waals surface area contributed by atoms with Gasteiger partial charge in [0.1, 0.15) is 0 Å². The van der Waals surface area contributed by atoms with Gasteiger partial charge in [-0.25, -0.2) is 8.42 Å². The van der Waals surface area contributed by atoms with Gasteiger partial charge in [0, 0.05) is 5.75 Å². The Hall–Kier alpha value is -0.0200. The summed E-state index contributed by atoms with van der Waals surface area (Å²) in [5.41, 5.74) is 1.22. The number of rotatable bonds is 5. The van der Waals surface area contributed by atoms with Gasteiger partial charge in [0.2, 0.25) is 0 Å². The Morgan fingerprint density at radius 3 is 2.80 bits per heavy atom. The monoisotopic (exact) mass is 250 g/mol. The molecule has 1 atom stereocenters. The largest absolute Gasteiger partial charge is 0.229 e. The molecule has 1 aliphatic carbocycles. The van der Waals surface area contributed by atoms with Crippen molar-refractivity contribution in [2.75, 3.05) is 11.5 Å². The molecule has 0 saturated heterocycles. The lowest BCUT2D eigenvalue weighted by Crippen LogP contribution is -2.12. The fraction of sp³-hybridized carbons (Fsp3) is 0.818. The Balaban J connectivity index is 2.43. The third-order valence-corrected chi connectivity index (χ3v) is 4.84. The predicted molar refractivity (Wildman–Crippen MR) is 65.1 cm³/mol. The molecule has 0 fully saturated rings. The van der Waals surface area contributed by atoms with Crippen molar-refractivity contribution in [1.29, 1.82) is 0 Å². The lowest BCUT2D eigenvalue weighted by atomic mass is 9.98. The summed E-state index contributed by atoms with van der Waals surface area (Å²) in [5.74, 6) is 0.598. The van der Waals surface area contributed by atoms with Crippen LogP contribution in [0.1, 0.15) is 39.0 Å². The van der Waals surface area contributed by atoms with Crippen LogP contribution in [0, 0.1) is 0 Å². The maximum Gasteiger partial charge on any atom is 0.150 e. The molecule has 0 aromatic carbocycles. The zero-order valence-corrected chi connectivity index (χ0v) is 10.8. The van der Waals surface area contributed by atoms with E-state index in [4.69, 9.17) is 11.6 Å². The van der Waals surface area contributed by atoms with E-state index in [1.165, 1.54) is 5.57 Å². The first kappa shape index (κ1) is 13.0. The Morgan fingerprint density at radius 1 is 1.47 bits per heavy atom. The summed E-state index contributed by atoms with van der Waals surface area (Å²) < 4.78 is 23.0. The molecule has 15 heavy (non-hydrogen) atoms. The standard InChI is InChI=1S/C11H19ClO2S/c1-2-7-15(13,14)8-6-10-4-3-5-11(12)9-10/h9,11H,2-8H2,1H3. The molecular formula is C11H19ClO2S. The van der Waals surface area contributed by atoms with Gasteiger partial charge in [0.05, 0.1) is 11.1 Å². The first-order valence-electron chi connectivity index (χ1n) is 5.57. The normalized spacial score (nSPS) is 22.5. The van der Waals surface area contributed by atoms with E-state index in [1.54, 1.807) is 0 Å². The summed E-state index contributed by atoms with van der Waals surface area (Å²) in [6, 6.07) is 0. The summed E-state index contributed by atoms with van der Waals surface area (Å²) >= 11 is 6.00. The zero-order valence-electron chi connectivity index (χ0n) is 9.21. The first-order chi connectivity index (χ1) is 7.03. The molecule has 0 amide bonds. The van der Waals surface area contributed by atoms with Crippen LogP contribution in [-0.2, 0) is 9.84 Å². The average molecular weight is 251 g/mol. The van der Waals surface area contributed by atoms with Gasteiger partial charge in [-0.15, -0.1) is 11.6 Å². The van der Waals surface area contributed by atoms with Crippen molar-refractivity contribution < 1.29 is 8.42 Å². The van der Waals surface area contributed by atoms with Crippen LogP contribution in [0.2, 0.25) is 0 Å². The van der Waals surface area contributed by atoms with Crippen LogP contribution in [0.25, 0.3) is 0 Å². The van der Waals surface area contributed by atoms with Crippen LogP contribution in [0.3, 0.4) is 0 Å². The van der Waals surface area contributed by atoms with Crippen LogP contribution in [-0.4, -0.2) is 25.3 Å². The van der Waals surface area contributed by atoms with E-state index in [0.29, 0.717) is 18.6 Å². The highest BCUT2D eigenvalue weighted by Crippen LogP contribution is 2.24. The fourth-order valence-electron chi connectivity index (χ4n) is 1.85. The van der Waals surface area contributed by atoms with Gasteiger partial charge >= 0.3 is 0 Å². The maximum absolute atomic E-state index is 11.5. The lowest BCUT2D eigenvalue weighted by molar-refractivity contribution is 0.592. The van der Waals surface area contributed by atoms with Crippen molar-refractivity contribution in [3.8, 4) is 0 Å². The molecule has 2 nitrogen and oxygen atoms in total. The second kappa shape index (κ2) is 5.90. The van der Waals surface area contributed by atoms with Crippen LogP contribution in [0.4, 0.5) is 0 Å². The highest BCUT2D eigenvalue weighted by molar-refractivity contribution is 7.91. The highest BCUT2D eigenvalue weighted by Gasteiger charge is 2.14. The van der Waals surface area contributed by atoms with E-state index < -0.39 is 9.84 Å². The quantitative estimate of drug-likeness (QED) is 0.555. The van der Waals surface area contributed by atoms with Gasteiger partial charge < -0.3 is 0 Å². The van der Waals surface area contributed by atoms with Crippen LogP contribution >= 0.6 is 11.6 Å². The van der Waals surface area contributed by atoms with Crippen molar-refractivity contribution in [2.45, 2.75) is 44.4 Å². The van der Waals surface area contributed by atoms with Gasteiger partial charge in [0.15, 0.2) is 9.84 Å². The van der Waals surface area contributed by atoms with E-state index in [0.717, 1.165) is 19.3 Å². The smallest absolute Gasteiger partial charge is 0.150 e. The molecule has 1 unspecified atom stereocenters. The van der Waals surface area contributed by atoms with Crippen LogP contribution < -0.4 is 0 Å². The average Bonchev–Trinajstić information content (AvgIpc) is 2.15. The van der Waals surface area contributed by atoms with Gasteiger partial charge in [-0.05, 0) is 32.1 Å². The molecule has 0 aliphatic heterocycles. The number of halogens is 1. The van der Waals surface area contributed by atoms with Crippen molar-refractivity contribution in [3.63, 3.8) is 0 Å². The molecule has 4 heteroatoms. The minimum Gasteiger partial charge on any atom is -0.229 e. The van der Waals surface area contributed by atoms with E-state index >= 15 is 0 Å². The Kier molecular flexibility index (Phi) is 5.13. The second-order valence-electron chi connectivity index (χ2n) is 4.13. The Bertz CT molecular complexity index is 319. The van der Waals surface area contributed by atoms with E-state index in [9.17, 15) is 8.42 Å². The second-order valence-corrected chi connectivity index (χ2v) is 7.00. The molecule has 0 spiro atoms. The molecule has 0 saturated carbocycles. The van der Waals surface area contributed by atoms with E-state index in [-0.39, 0.29) is 11.1 Å². The highest BCUT2D eigenvalue weighted by atomic mass is 35.5. The Labute approximate surface area is 97.6 Å². The van der Waals surface area contributed by atoms with Crippen molar-refractivity contribution in [3.05, 3.63) is 11.6 Å². The van der Waals surface area contributed by atoms with Gasteiger partial charge in [-0.3, -0.25) is 0 Å². The summed E-state index contributed by atoms with van der Waals surface area (Å²) in [7, 11) is -2.83. The molecule has 0 N–H and O–H groups in total. The summed E-state index contributed by atoms with van der Waals surface area (Å²) in [6.45, 7) is 1.90. The molecule has 0 heterocycles. The number of hydrogen-bond donors (Lipinski definition) is 0. The van der Waals surface area contributed by atoms with Crippen LogP contribution in [0.5, 0.6) is 0 Å². The zero-order chi connectivity index (χ0) is 11.3. The number of hydrogen-bond acceptors (Lipinski definition) is 2. The first-order valence-corrected chi connectivity index (χ1v) is 7.83. The van der Waals surface area contributed by atoms with Crippen molar-refractivity contribution in [2.24, 2.45) is 0 Å². The third-order valence-electron chi connectivity index (χ3n) is 2.64. The molecule has 0 aromatic heterocycles. The summed E-state index contributed by atoms with van der Waals surface area (Å²) in [5, 5.41) is 0.114. The number of alkyl halides is 1. The summed E-state index contributed by atoms with van der Waals surface area (Å²) in [6.07, 6.45) is 6.54. The van der Waals surface area contributed by atoms with Crippen molar-refractivity contribution in [1.82, 2.24) is 0 Å². The van der Waals surface area contributed by atoms with Crippen LogP contribution in [0.15, 0.2) is 11.6 Å². The Morgan fingerprint density at radius 2 is 2.20 bits per heavy atom. The molecular weight excluding hydrogens is 232 g/mol. The third kappa shape index (κ3) is 5.03. The molecule has 0 radical (unpaired) electrons. The molecule has 0 aromatic rings. The minimum atomic E-state index is -2.83. The van der Waals surface area contributed by atoms with Gasteiger partial charge in [-0.2, -0.15) is 0 Å². The van der Waals surface area contributed by atoms with Crippen molar-refractivity contribution >= 4 is 21.4 Å².